The molecule has 1 unspecified atom stereocenters. The lowest BCUT2D eigenvalue weighted by Crippen LogP contribution is -2.35. The summed E-state index contributed by atoms with van der Waals surface area (Å²) < 4.78 is 28.7. The molecule has 20 heavy (non-hydrogen) atoms. The minimum Gasteiger partial charge on any atom is -0.310 e. The van der Waals surface area contributed by atoms with E-state index in [2.05, 4.69) is 28.6 Å². The van der Waals surface area contributed by atoms with Crippen molar-refractivity contribution in [2.45, 2.75) is 46.2 Å². The summed E-state index contributed by atoms with van der Waals surface area (Å²) in [6.07, 6.45) is 1.06. The van der Waals surface area contributed by atoms with Crippen LogP contribution in [0.25, 0.3) is 0 Å². The fourth-order valence-corrected chi connectivity index (χ4v) is 2.96. The fraction of sp³-hybridized carbons (Fsp3) is 0.571. The van der Waals surface area contributed by atoms with E-state index in [0.717, 1.165) is 18.5 Å². The van der Waals surface area contributed by atoms with Gasteiger partial charge in [0, 0.05) is 12.1 Å². The molecule has 0 aliphatic carbocycles. The maximum absolute atomic E-state index is 11.8. The highest BCUT2D eigenvalue weighted by Crippen LogP contribution is 2.18. The molecule has 1 rings (SSSR count). The Kier molecular flexibility index (Phi) is 6.45. The van der Waals surface area contributed by atoms with E-state index in [0.29, 0.717) is 5.69 Å². The van der Waals surface area contributed by atoms with Crippen LogP contribution < -0.4 is 14.8 Å². The second-order valence-electron chi connectivity index (χ2n) is 5.18. The van der Waals surface area contributed by atoms with Crippen LogP contribution in [0, 0.1) is 0 Å². The number of hydrogen-bond acceptors (Lipinski definition) is 3. The quantitative estimate of drug-likeness (QED) is 0.690. The zero-order chi connectivity index (χ0) is 15.2. The first-order valence-electron chi connectivity index (χ1n) is 6.97. The van der Waals surface area contributed by atoms with Crippen molar-refractivity contribution in [3.05, 3.63) is 29.8 Å². The summed E-state index contributed by atoms with van der Waals surface area (Å²) in [5, 5.41) is 3.38. The van der Waals surface area contributed by atoms with Crippen molar-refractivity contribution in [3.63, 3.8) is 0 Å². The van der Waals surface area contributed by atoms with Crippen molar-refractivity contribution in [2.24, 2.45) is 0 Å². The van der Waals surface area contributed by atoms with E-state index in [4.69, 9.17) is 0 Å². The normalized spacial score (nSPS) is 13.4. The van der Waals surface area contributed by atoms with E-state index < -0.39 is 10.2 Å². The summed E-state index contributed by atoms with van der Waals surface area (Å²) in [5.41, 5.74) is 1.63. The lowest BCUT2D eigenvalue weighted by Gasteiger charge is -2.16. The second-order valence-corrected chi connectivity index (χ2v) is 6.63. The van der Waals surface area contributed by atoms with Crippen molar-refractivity contribution >= 4 is 15.9 Å². The number of nitrogens with one attached hydrogen (secondary N) is 3. The summed E-state index contributed by atoms with van der Waals surface area (Å²) in [6.45, 7) is 8.68. The summed E-state index contributed by atoms with van der Waals surface area (Å²) >= 11 is 0. The third-order valence-electron chi connectivity index (χ3n) is 2.73. The molecule has 1 aromatic carbocycles. The number of benzene rings is 1. The highest BCUT2D eigenvalue weighted by atomic mass is 32.2. The van der Waals surface area contributed by atoms with Gasteiger partial charge in [0.05, 0.1) is 5.69 Å². The van der Waals surface area contributed by atoms with Crippen molar-refractivity contribution in [3.8, 4) is 0 Å². The van der Waals surface area contributed by atoms with Gasteiger partial charge in [0.15, 0.2) is 0 Å². The topological polar surface area (TPSA) is 70.2 Å². The van der Waals surface area contributed by atoms with E-state index >= 15 is 0 Å². The van der Waals surface area contributed by atoms with Crippen LogP contribution >= 0.6 is 0 Å². The molecule has 0 saturated carbocycles. The summed E-state index contributed by atoms with van der Waals surface area (Å²) in [5.74, 6) is 0. The molecule has 0 bridgehead atoms. The van der Waals surface area contributed by atoms with Crippen LogP contribution in [-0.4, -0.2) is 21.0 Å². The summed E-state index contributed by atoms with van der Waals surface area (Å²) in [6, 6.07) is 7.49. The van der Waals surface area contributed by atoms with Gasteiger partial charge in [-0.2, -0.15) is 13.1 Å². The standard InChI is InChI=1S/C14H25N3O2S/c1-5-9-15-12(4)13-7-6-8-14(10-13)17-20(18,19)16-11(2)3/h6-8,10-12,15-17H,5,9H2,1-4H3. The first kappa shape index (κ1) is 16.9. The average molecular weight is 299 g/mol. The van der Waals surface area contributed by atoms with E-state index in [1.807, 2.05) is 18.2 Å². The average Bonchev–Trinajstić information content (AvgIpc) is 2.33. The second kappa shape index (κ2) is 7.61. The maximum atomic E-state index is 11.8. The molecule has 114 valence electrons. The minimum absolute atomic E-state index is 0.138. The highest BCUT2D eigenvalue weighted by Gasteiger charge is 2.12. The molecular weight excluding hydrogens is 274 g/mol. The molecule has 0 saturated heterocycles. The molecule has 0 amide bonds. The van der Waals surface area contributed by atoms with Crippen LogP contribution in [0.2, 0.25) is 0 Å². The van der Waals surface area contributed by atoms with Gasteiger partial charge in [-0.3, -0.25) is 4.72 Å². The van der Waals surface area contributed by atoms with Crippen LogP contribution in [0.3, 0.4) is 0 Å². The molecule has 0 aliphatic rings. The Bertz CT molecular complexity index is 515. The van der Waals surface area contributed by atoms with Crippen molar-refractivity contribution < 1.29 is 8.42 Å². The largest absolute Gasteiger partial charge is 0.310 e. The van der Waals surface area contributed by atoms with Crippen LogP contribution in [0.1, 0.15) is 45.7 Å². The predicted molar refractivity (Wildman–Crippen MR) is 84.0 cm³/mol. The molecule has 5 nitrogen and oxygen atoms in total. The van der Waals surface area contributed by atoms with Gasteiger partial charge in [0.1, 0.15) is 0 Å². The smallest absolute Gasteiger partial charge is 0.299 e. The van der Waals surface area contributed by atoms with Gasteiger partial charge in [-0.25, -0.2) is 0 Å². The van der Waals surface area contributed by atoms with Crippen LogP contribution in [-0.2, 0) is 10.2 Å². The SMILES string of the molecule is CCCNC(C)c1cccc(NS(=O)(=O)NC(C)C)c1. The molecule has 0 fully saturated rings. The molecule has 0 aromatic heterocycles. The van der Waals surface area contributed by atoms with Crippen molar-refractivity contribution in [1.29, 1.82) is 0 Å². The highest BCUT2D eigenvalue weighted by molar-refractivity contribution is 7.90. The zero-order valence-corrected chi connectivity index (χ0v) is 13.4. The maximum Gasteiger partial charge on any atom is 0.299 e. The molecule has 3 N–H and O–H groups in total. The Morgan fingerprint density at radius 1 is 1.20 bits per heavy atom. The molecule has 0 aliphatic heterocycles. The van der Waals surface area contributed by atoms with Gasteiger partial charge in [-0.05, 0) is 51.4 Å². The van der Waals surface area contributed by atoms with Crippen molar-refractivity contribution in [1.82, 2.24) is 10.0 Å². The van der Waals surface area contributed by atoms with E-state index in [1.54, 1.807) is 19.9 Å². The summed E-state index contributed by atoms with van der Waals surface area (Å²) in [7, 11) is -3.51. The molecular formula is C14H25N3O2S. The number of rotatable bonds is 8. The number of anilines is 1. The third-order valence-corrected chi connectivity index (χ3v) is 4.02. The number of hydrogen-bond donors (Lipinski definition) is 3. The fourth-order valence-electron chi connectivity index (χ4n) is 1.85. The monoisotopic (exact) mass is 299 g/mol. The van der Waals surface area contributed by atoms with Gasteiger partial charge in [0.25, 0.3) is 10.2 Å². The van der Waals surface area contributed by atoms with Crippen LogP contribution in [0.5, 0.6) is 0 Å². The predicted octanol–water partition coefficient (Wildman–Crippen LogP) is 2.40. The molecule has 6 heteroatoms. The molecule has 0 spiro atoms. The first-order valence-corrected chi connectivity index (χ1v) is 8.45. The Hall–Kier alpha value is -1.11. The molecule has 0 radical (unpaired) electrons. The third kappa shape index (κ3) is 5.90. The van der Waals surface area contributed by atoms with Gasteiger partial charge < -0.3 is 5.32 Å². The Morgan fingerprint density at radius 2 is 1.90 bits per heavy atom. The zero-order valence-electron chi connectivity index (χ0n) is 12.6. The Balaban J connectivity index is 2.78. The van der Waals surface area contributed by atoms with Crippen LogP contribution in [0.15, 0.2) is 24.3 Å². The molecule has 1 atom stereocenters. The lowest BCUT2D eigenvalue weighted by atomic mass is 10.1. The molecule has 0 heterocycles. The summed E-state index contributed by atoms with van der Waals surface area (Å²) in [4.78, 5) is 0. The lowest BCUT2D eigenvalue weighted by molar-refractivity contribution is 0.570. The van der Waals surface area contributed by atoms with Gasteiger partial charge in [0.2, 0.25) is 0 Å². The van der Waals surface area contributed by atoms with Crippen LogP contribution in [0.4, 0.5) is 5.69 Å². The van der Waals surface area contributed by atoms with Gasteiger partial charge in [-0.1, -0.05) is 19.1 Å². The van der Waals surface area contributed by atoms with Gasteiger partial charge in [-0.15, -0.1) is 0 Å². The van der Waals surface area contributed by atoms with E-state index in [1.165, 1.54) is 0 Å². The van der Waals surface area contributed by atoms with E-state index in [-0.39, 0.29) is 12.1 Å². The van der Waals surface area contributed by atoms with E-state index in [9.17, 15) is 8.42 Å². The Labute approximate surface area is 122 Å². The minimum atomic E-state index is -3.51. The van der Waals surface area contributed by atoms with Gasteiger partial charge >= 0.3 is 0 Å². The van der Waals surface area contributed by atoms with Crippen molar-refractivity contribution in [2.75, 3.05) is 11.3 Å². The Morgan fingerprint density at radius 3 is 2.50 bits per heavy atom. The first-order chi connectivity index (χ1) is 9.34. The molecule has 1 aromatic rings.